The second-order valence-electron chi connectivity index (χ2n) is 5.74. The van der Waals surface area contributed by atoms with Gasteiger partial charge in [-0.15, -0.1) is 0 Å². The molecule has 3 rings (SSSR count). The Balaban J connectivity index is 1.96. The van der Waals surface area contributed by atoms with Gasteiger partial charge in [0.2, 0.25) is 5.76 Å². The van der Waals surface area contributed by atoms with Crippen LogP contribution in [0.4, 0.5) is 0 Å². The first-order valence-corrected chi connectivity index (χ1v) is 8.11. The van der Waals surface area contributed by atoms with Crippen molar-refractivity contribution in [3.63, 3.8) is 0 Å². The van der Waals surface area contributed by atoms with Gasteiger partial charge in [-0.1, -0.05) is 60.7 Å². The van der Waals surface area contributed by atoms with Crippen molar-refractivity contribution < 1.29 is 9.66 Å². The summed E-state index contributed by atoms with van der Waals surface area (Å²) in [7, 11) is 0. The molecule has 2 aromatic rings. The van der Waals surface area contributed by atoms with E-state index in [1.807, 2.05) is 65.6 Å². The zero-order chi connectivity index (χ0) is 16.8. The minimum absolute atomic E-state index is 0.0645. The Labute approximate surface area is 141 Å². The third-order valence-electron chi connectivity index (χ3n) is 4.04. The molecule has 5 heteroatoms. The summed E-state index contributed by atoms with van der Waals surface area (Å²) in [4.78, 5) is 13.2. The van der Waals surface area contributed by atoms with E-state index in [-0.39, 0.29) is 10.7 Å². The average Bonchev–Trinajstić information content (AvgIpc) is 3.14. The molecule has 0 unspecified atom stereocenters. The molecule has 0 N–H and O–H groups in total. The van der Waals surface area contributed by atoms with E-state index >= 15 is 0 Å². The second-order valence-corrected chi connectivity index (χ2v) is 5.74. The number of nitro groups is 1. The highest BCUT2D eigenvalue weighted by Gasteiger charge is 2.31. The van der Waals surface area contributed by atoms with Gasteiger partial charge in [-0.3, -0.25) is 4.90 Å². The first-order valence-electron chi connectivity index (χ1n) is 8.11. The molecule has 5 nitrogen and oxygen atoms in total. The van der Waals surface area contributed by atoms with E-state index in [1.165, 1.54) is 0 Å². The van der Waals surface area contributed by atoms with Gasteiger partial charge in [0, 0.05) is 5.56 Å². The number of nitrogens with zero attached hydrogens (tertiary/aromatic N) is 2. The number of hydrogen-bond acceptors (Lipinski definition) is 4. The van der Waals surface area contributed by atoms with E-state index in [0.717, 1.165) is 24.0 Å². The van der Waals surface area contributed by atoms with E-state index in [2.05, 4.69) is 0 Å². The van der Waals surface area contributed by atoms with Crippen molar-refractivity contribution in [2.45, 2.75) is 19.4 Å². The second kappa shape index (κ2) is 7.64. The number of benzene rings is 2. The SMILES string of the molecule is O=[N+]([O-])/C(=C(/OCc1ccccc1)c1ccccc1)N1CCCC1. The Morgan fingerprint density at radius 1 is 1.00 bits per heavy atom. The third-order valence-corrected chi connectivity index (χ3v) is 4.04. The molecule has 124 valence electrons. The minimum atomic E-state index is -0.321. The van der Waals surface area contributed by atoms with Crippen molar-refractivity contribution in [1.29, 1.82) is 0 Å². The fourth-order valence-electron chi connectivity index (χ4n) is 2.87. The van der Waals surface area contributed by atoms with E-state index in [9.17, 15) is 10.1 Å². The topological polar surface area (TPSA) is 55.6 Å². The first kappa shape index (κ1) is 16.1. The van der Waals surface area contributed by atoms with Gasteiger partial charge in [-0.25, -0.2) is 0 Å². The molecule has 0 amide bonds. The quantitative estimate of drug-likeness (QED) is 0.459. The first-order chi connectivity index (χ1) is 11.8. The molecule has 1 aliphatic rings. The smallest absolute Gasteiger partial charge is 0.361 e. The Morgan fingerprint density at radius 2 is 1.58 bits per heavy atom. The molecule has 0 atom stereocenters. The van der Waals surface area contributed by atoms with E-state index < -0.39 is 0 Å². The Bertz CT molecular complexity index is 708. The Morgan fingerprint density at radius 3 is 2.17 bits per heavy atom. The number of hydrogen-bond donors (Lipinski definition) is 0. The molecule has 0 saturated carbocycles. The van der Waals surface area contributed by atoms with Crippen LogP contribution in [0.25, 0.3) is 5.76 Å². The maximum Gasteiger partial charge on any atom is 0.361 e. The molecule has 0 spiro atoms. The number of ether oxygens (including phenoxy) is 1. The summed E-state index contributed by atoms with van der Waals surface area (Å²) in [6, 6.07) is 19.0. The van der Waals surface area contributed by atoms with Crippen molar-refractivity contribution in [2.24, 2.45) is 0 Å². The molecule has 0 radical (unpaired) electrons. The lowest BCUT2D eigenvalue weighted by Crippen LogP contribution is -2.26. The molecule has 2 aromatic carbocycles. The number of rotatable bonds is 6. The van der Waals surface area contributed by atoms with E-state index in [1.54, 1.807) is 0 Å². The van der Waals surface area contributed by atoms with E-state index in [4.69, 9.17) is 4.74 Å². The molecule has 0 aliphatic carbocycles. The van der Waals surface area contributed by atoms with Gasteiger partial charge in [0.15, 0.2) is 0 Å². The molecular weight excluding hydrogens is 304 g/mol. The zero-order valence-electron chi connectivity index (χ0n) is 13.4. The molecule has 1 heterocycles. The lowest BCUT2D eigenvalue weighted by molar-refractivity contribution is -0.445. The molecule has 0 aromatic heterocycles. The molecule has 1 aliphatic heterocycles. The van der Waals surface area contributed by atoms with Crippen LogP contribution < -0.4 is 0 Å². The maximum atomic E-state index is 11.7. The lowest BCUT2D eigenvalue weighted by Gasteiger charge is -2.18. The molecule has 1 fully saturated rings. The predicted octanol–water partition coefficient (Wildman–Crippen LogP) is 3.90. The summed E-state index contributed by atoms with van der Waals surface area (Å²) in [6.45, 7) is 1.69. The van der Waals surface area contributed by atoms with Gasteiger partial charge in [0.25, 0.3) is 0 Å². The average molecular weight is 324 g/mol. The zero-order valence-corrected chi connectivity index (χ0v) is 13.4. The normalized spacial score (nSPS) is 15.1. The molecule has 0 bridgehead atoms. The molecule has 24 heavy (non-hydrogen) atoms. The van der Waals surface area contributed by atoms with Crippen LogP contribution in [0.3, 0.4) is 0 Å². The van der Waals surface area contributed by atoms with Crippen molar-refractivity contribution in [2.75, 3.05) is 13.1 Å². The maximum absolute atomic E-state index is 11.7. The lowest BCUT2D eigenvalue weighted by atomic mass is 10.1. The summed E-state index contributed by atoms with van der Waals surface area (Å²) in [6.07, 6.45) is 1.94. The predicted molar refractivity (Wildman–Crippen MR) is 92.4 cm³/mol. The molecule has 1 saturated heterocycles. The fourth-order valence-corrected chi connectivity index (χ4v) is 2.87. The highest BCUT2D eigenvalue weighted by molar-refractivity contribution is 5.61. The highest BCUT2D eigenvalue weighted by Crippen LogP contribution is 2.27. The van der Waals surface area contributed by atoms with Crippen LogP contribution in [-0.2, 0) is 11.3 Å². The standard InChI is InChI=1S/C19H20N2O3/c22-21(23)19(20-13-7-8-14-20)18(17-11-5-2-6-12-17)24-15-16-9-3-1-4-10-16/h1-6,9-12H,7-8,13-15H2/b19-18+. The van der Waals surface area contributed by atoms with Crippen molar-refractivity contribution in [3.05, 3.63) is 87.7 Å². The van der Waals surface area contributed by atoms with Crippen LogP contribution in [0.5, 0.6) is 0 Å². The largest absolute Gasteiger partial charge is 0.481 e. The van der Waals surface area contributed by atoms with Gasteiger partial charge in [0.05, 0.1) is 13.1 Å². The molecular formula is C19H20N2O3. The summed E-state index contributed by atoms with van der Waals surface area (Å²) in [5.41, 5.74) is 1.71. The van der Waals surface area contributed by atoms with Crippen LogP contribution in [0.2, 0.25) is 0 Å². The van der Waals surface area contributed by atoms with Crippen LogP contribution in [-0.4, -0.2) is 22.9 Å². The summed E-state index contributed by atoms with van der Waals surface area (Å²) >= 11 is 0. The van der Waals surface area contributed by atoms with Crippen LogP contribution in [0.15, 0.2) is 66.5 Å². The summed E-state index contributed by atoms with van der Waals surface area (Å²) < 4.78 is 5.95. The van der Waals surface area contributed by atoms with Gasteiger partial charge in [0.1, 0.15) is 6.61 Å². The van der Waals surface area contributed by atoms with Crippen molar-refractivity contribution in [3.8, 4) is 0 Å². The van der Waals surface area contributed by atoms with Crippen LogP contribution in [0, 0.1) is 10.1 Å². The minimum Gasteiger partial charge on any atom is -0.481 e. The monoisotopic (exact) mass is 324 g/mol. The van der Waals surface area contributed by atoms with Crippen molar-refractivity contribution >= 4 is 5.76 Å². The number of likely N-dealkylation sites (tertiary alicyclic amines) is 1. The van der Waals surface area contributed by atoms with Crippen LogP contribution >= 0.6 is 0 Å². The summed E-state index contributed by atoms with van der Waals surface area (Å²) in [5, 5.41) is 11.7. The van der Waals surface area contributed by atoms with Gasteiger partial charge >= 0.3 is 5.82 Å². The van der Waals surface area contributed by atoms with Gasteiger partial charge < -0.3 is 14.9 Å². The third kappa shape index (κ3) is 3.74. The highest BCUT2D eigenvalue weighted by atomic mass is 16.6. The Kier molecular flexibility index (Phi) is 5.11. The fraction of sp³-hybridized carbons (Fsp3) is 0.263. The van der Waals surface area contributed by atoms with Gasteiger partial charge in [-0.05, 0) is 23.3 Å². The van der Waals surface area contributed by atoms with Gasteiger partial charge in [-0.2, -0.15) is 0 Å². The Hall–Kier alpha value is -2.82. The van der Waals surface area contributed by atoms with Crippen molar-refractivity contribution in [1.82, 2.24) is 4.90 Å². The van der Waals surface area contributed by atoms with Crippen LogP contribution in [0.1, 0.15) is 24.0 Å². The van der Waals surface area contributed by atoms with E-state index in [0.29, 0.717) is 25.5 Å². The summed E-state index contributed by atoms with van der Waals surface area (Å²) in [5.74, 6) is 0.404.